The first-order chi connectivity index (χ1) is 15.8. The number of methoxy groups -OCH3 is 1. The maximum absolute atomic E-state index is 12.5. The third kappa shape index (κ3) is 5.97. The Balaban J connectivity index is 1.63. The largest absolute Gasteiger partial charge is 0.467 e. The van der Waals surface area contributed by atoms with Crippen LogP contribution in [0.25, 0.3) is 11.3 Å². The quantitative estimate of drug-likeness (QED) is 0.463. The van der Waals surface area contributed by atoms with Crippen molar-refractivity contribution in [3.8, 4) is 11.3 Å². The van der Waals surface area contributed by atoms with Gasteiger partial charge in [-0.1, -0.05) is 49.3 Å². The van der Waals surface area contributed by atoms with Crippen molar-refractivity contribution in [1.29, 1.82) is 0 Å². The Kier molecular flexibility index (Phi) is 7.45. The van der Waals surface area contributed by atoms with Gasteiger partial charge in [0.25, 0.3) is 5.91 Å². The molecule has 0 radical (unpaired) electrons. The van der Waals surface area contributed by atoms with Gasteiger partial charge in [0.1, 0.15) is 11.7 Å². The summed E-state index contributed by atoms with van der Waals surface area (Å²) in [5.74, 6) is -1.29. The summed E-state index contributed by atoms with van der Waals surface area (Å²) in [6.45, 7) is 5.50. The lowest BCUT2D eigenvalue weighted by Crippen LogP contribution is -2.44. The number of ether oxygens (including phenoxy) is 1. The third-order valence-electron chi connectivity index (χ3n) is 4.97. The lowest BCUT2D eigenvalue weighted by Gasteiger charge is -2.18. The second-order valence-electron chi connectivity index (χ2n) is 7.77. The molecule has 2 aromatic carbocycles. The summed E-state index contributed by atoms with van der Waals surface area (Å²) in [4.78, 5) is 36.6. The van der Waals surface area contributed by atoms with E-state index in [0.717, 1.165) is 11.3 Å². The number of para-hydroxylation sites is 1. The van der Waals surface area contributed by atoms with Crippen LogP contribution in [0.2, 0.25) is 0 Å². The molecule has 9 heteroatoms. The van der Waals surface area contributed by atoms with E-state index in [9.17, 15) is 14.4 Å². The highest BCUT2D eigenvalue weighted by Gasteiger charge is 2.27. The number of carbonyl (C=O) groups excluding carboxylic acids is 3. The molecule has 3 rings (SSSR count). The van der Waals surface area contributed by atoms with Gasteiger partial charge in [-0.15, -0.1) is 0 Å². The van der Waals surface area contributed by atoms with Gasteiger partial charge in [0, 0.05) is 23.0 Å². The van der Waals surface area contributed by atoms with Crippen LogP contribution in [-0.4, -0.2) is 36.2 Å². The van der Waals surface area contributed by atoms with Gasteiger partial charge in [0.15, 0.2) is 0 Å². The Morgan fingerprint density at radius 2 is 1.70 bits per heavy atom. The summed E-state index contributed by atoms with van der Waals surface area (Å²) in [5, 5.41) is 12.1. The van der Waals surface area contributed by atoms with Gasteiger partial charge in [-0.25, -0.2) is 9.59 Å². The second-order valence-corrected chi connectivity index (χ2v) is 7.77. The van der Waals surface area contributed by atoms with Crippen molar-refractivity contribution < 1.29 is 23.6 Å². The lowest BCUT2D eigenvalue weighted by atomic mass is 10.0. The summed E-state index contributed by atoms with van der Waals surface area (Å²) in [7, 11) is 1.27. The van der Waals surface area contributed by atoms with Crippen LogP contribution in [-0.2, 0) is 9.53 Å². The molecular formula is C24H26N4O5. The summed E-state index contributed by atoms with van der Waals surface area (Å²) in [5.41, 5.74) is 3.41. The van der Waals surface area contributed by atoms with Crippen LogP contribution in [0.4, 0.5) is 16.2 Å². The van der Waals surface area contributed by atoms with Crippen molar-refractivity contribution in [2.24, 2.45) is 5.92 Å². The molecule has 0 saturated heterocycles. The number of benzene rings is 2. The highest BCUT2D eigenvalue weighted by atomic mass is 16.5. The van der Waals surface area contributed by atoms with Crippen molar-refractivity contribution in [3.05, 3.63) is 65.9 Å². The maximum Gasteiger partial charge on any atom is 0.328 e. The van der Waals surface area contributed by atoms with E-state index in [1.807, 2.05) is 31.2 Å². The molecule has 0 aliphatic heterocycles. The number of nitrogens with zero attached hydrogens (tertiary/aromatic N) is 1. The summed E-state index contributed by atoms with van der Waals surface area (Å²) < 4.78 is 9.88. The molecule has 1 heterocycles. The van der Waals surface area contributed by atoms with Gasteiger partial charge in [0.2, 0.25) is 5.76 Å². The predicted octanol–water partition coefficient (Wildman–Crippen LogP) is 4.22. The Hall–Kier alpha value is -4.14. The molecule has 3 N–H and O–H groups in total. The number of rotatable bonds is 7. The molecule has 0 fully saturated rings. The molecule has 33 heavy (non-hydrogen) atoms. The van der Waals surface area contributed by atoms with Crippen molar-refractivity contribution in [2.45, 2.75) is 26.8 Å². The third-order valence-corrected chi connectivity index (χ3v) is 4.97. The van der Waals surface area contributed by atoms with Gasteiger partial charge < -0.3 is 25.2 Å². The van der Waals surface area contributed by atoms with Crippen LogP contribution in [0.5, 0.6) is 0 Å². The van der Waals surface area contributed by atoms with Crippen LogP contribution in [0.3, 0.4) is 0 Å². The first-order valence-electron chi connectivity index (χ1n) is 10.4. The van der Waals surface area contributed by atoms with Crippen LogP contribution < -0.4 is 16.0 Å². The average molecular weight is 450 g/mol. The molecular weight excluding hydrogens is 424 g/mol. The molecule has 0 bridgehead atoms. The first kappa shape index (κ1) is 23.5. The fraction of sp³-hybridized carbons (Fsp3) is 0.250. The molecule has 9 nitrogen and oxygen atoms in total. The van der Waals surface area contributed by atoms with Gasteiger partial charge in [-0.2, -0.15) is 0 Å². The summed E-state index contributed by atoms with van der Waals surface area (Å²) in [6, 6.07) is 14.7. The highest BCUT2D eigenvalue weighted by molar-refractivity contribution is 6.00. The zero-order chi connectivity index (χ0) is 24.0. The summed E-state index contributed by atoms with van der Waals surface area (Å²) >= 11 is 0. The maximum atomic E-state index is 12.5. The van der Waals surface area contributed by atoms with Crippen LogP contribution in [0, 0.1) is 12.8 Å². The number of esters is 1. The minimum absolute atomic E-state index is 0.0284. The number of urea groups is 1. The Bertz CT molecular complexity index is 1140. The fourth-order valence-electron chi connectivity index (χ4n) is 3.08. The minimum atomic E-state index is -0.799. The number of hydrogen-bond donors (Lipinski definition) is 3. The summed E-state index contributed by atoms with van der Waals surface area (Å²) in [6.07, 6.45) is 0. The number of amides is 3. The monoisotopic (exact) mass is 450 g/mol. The number of carbonyl (C=O) groups is 3. The van der Waals surface area contributed by atoms with E-state index in [4.69, 9.17) is 9.26 Å². The zero-order valence-electron chi connectivity index (χ0n) is 18.8. The van der Waals surface area contributed by atoms with E-state index in [1.54, 1.807) is 38.1 Å². The highest BCUT2D eigenvalue weighted by Crippen LogP contribution is 2.22. The molecule has 0 aliphatic rings. The number of anilines is 2. The smallest absolute Gasteiger partial charge is 0.328 e. The Labute approximate surface area is 191 Å². The van der Waals surface area contributed by atoms with Crippen LogP contribution in [0.1, 0.15) is 30.0 Å². The Morgan fingerprint density at radius 1 is 1.00 bits per heavy atom. The number of aromatic nitrogens is 1. The SMILES string of the molecule is COC(=O)C(NC(=O)c1cc(-c2ccc(NC(=O)Nc3ccccc3C)cc2)no1)C(C)C. The van der Waals surface area contributed by atoms with Crippen LogP contribution >= 0.6 is 0 Å². The van der Waals surface area contributed by atoms with Gasteiger partial charge >= 0.3 is 12.0 Å². The van der Waals surface area contributed by atoms with E-state index >= 15 is 0 Å². The molecule has 1 aromatic heterocycles. The number of hydrogen-bond acceptors (Lipinski definition) is 6. The molecule has 0 aliphatic carbocycles. The molecule has 3 amide bonds. The zero-order valence-corrected chi connectivity index (χ0v) is 18.8. The minimum Gasteiger partial charge on any atom is -0.467 e. The number of aryl methyl sites for hydroxylation is 1. The van der Waals surface area contributed by atoms with Crippen molar-refractivity contribution in [3.63, 3.8) is 0 Å². The normalized spacial score (nSPS) is 11.5. The predicted molar refractivity (Wildman–Crippen MR) is 124 cm³/mol. The molecule has 0 spiro atoms. The molecule has 1 atom stereocenters. The first-order valence-corrected chi connectivity index (χ1v) is 10.4. The molecule has 1 unspecified atom stereocenters. The molecule has 0 saturated carbocycles. The van der Waals surface area contributed by atoms with E-state index in [1.165, 1.54) is 13.2 Å². The molecule has 3 aromatic rings. The Morgan fingerprint density at radius 3 is 2.33 bits per heavy atom. The van der Waals surface area contributed by atoms with E-state index < -0.39 is 17.9 Å². The van der Waals surface area contributed by atoms with Crippen molar-refractivity contribution >= 4 is 29.3 Å². The van der Waals surface area contributed by atoms with E-state index in [0.29, 0.717) is 16.9 Å². The standard InChI is InChI=1S/C24H26N4O5/c1-14(2)21(23(30)32-4)27-22(29)20-13-19(28-33-20)16-9-11-17(12-10-16)25-24(31)26-18-8-6-5-7-15(18)3/h5-14,21H,1-4H3,(H,27,29)(H2,25,26,31). The van der Waals surface area contributed by atoms with E-state index in [2.05, 4.69) is 21.1 Å². The fourth-order valence-corrected chi connectivity index (χ4v) is 3.08. The van der Waals surface area contributed by atoms with Gasteiger partial charge in [-0.05, 0) is 36.6 Å². The van der Waals surface area contributed by atoms with Gasteiger partial charge in [0.05, 0.1) is 7.11 Å². The molecule has 172 valence electrons. The van der Waals surface area contributed by atoms with Crippen molar-refractivity contribution in [2.75, 3.05) is 17.7 Å². The van der Waals surface area contributed by atoms with Crippen molar-refractivity contribution in [1.82, 2.24) is 10.5 Å². The lowest BCUT2D eigenvalue weighted by molar-refractivity contribution is -0.144. The van der Waals surface area contributed by atoms with Crippen LogP contribution in [0.15, 0.2) is 59.1 Å². The average Bonchev–Trinajstić information content (AvgIpc) is 3.29. The second kappa shape index (κ2) is 10.4. The van der Waals surface area contributed by atoms with Gasteiger partial charge in [-0.3, -0.25) is 4.79 Å². The number of nitrogens with one attached hydrogen (secondary N) is 3. The topological polar surface area (TPSA) is 123 Å². The van der Waals surface area contributed by atoms with E-state index in [-0.39, 0.29) is 17.7 Å².